The van der Waals surface area contributed by atoms with Crippen LogP contribution in [0.2, 0.25) is 0 Å². The van der Waals surface area contributed by atoms with E-state index < -0.39 is 0 Å². The largest absolute Gasteiger partial charge is 0.381 e. The number of aromatic nitrogens is 2. The molecule has 0 saturated carbocycles. The average molecular weight is 277 g/mol. The van der Waals surface area contributed by atoms with Gasteiger partial charge in [-0.05, 0) is 38.2 Å². The molecule has 20 heavy (non-hydrogen) atoms. The van der Waals surface area contributed by atoms with Crippen molar-refractivity contribution < 1.29 is 9.53 Å². The SMILES string of the molecule is Cc1cnn(C[C@@H]2CCCN2C(=O)C2CCOCC2)c1. The number of hydrogen-bond donors (Lipinski definition) is 0. The summed E-state index contributed by atoms with van der Waals surface area (Å²) in [4.78, 5) is 14.7. The molecule has 5 heteroatoms. The second kappa shape index (κ2) is 5.95. The second-order valence-corrected chi connectivity index (χ2v) is 5.95. The van der Waals surface area contributed by atoms with Crippen LogP contribution in [0.5, 0.6) is 0 Å². The van der Waals surface area contributed by atoms with Gasteiger partial charge in [0.15, 0.2) is 0 Å². The highest BCUT2D eigenvalue weighted by molar-refractivity contribution is 5.79. The Hall–Kier alpha value is -1.36. The molecule has 0 radical (unpaired) electrons. The maximum Gasteiger partial charge on any atom is 0.226 e. The van der Waals surface area contributed by atoms with Gasteiger partial charge in [0.25, 0.3) is 0 Å². The molecule has 0 N–H and O–H groups in total. The topological polar surface area (TPSA) is 47.4 Å². The summed E-state index contributed by atoms with van der Waals surface area (Å²) in [5.74, 6) is 0.503. The van der Waals surface area contributed by atoms with Gasteiger partial charge in [-0.1, -0.05) is 0 Å². The number of aryl methyl sites for hydroxylation is 1. The van der Waals surface area contributed by atoms with E-state index in [4.69, 9.17) is 4.74 Å². The summed E-state index contributed by atoms with van der Waals surface area (Å²) >= 11 is 0. The molecule has 0 bridgehead atoms. The van der Waals surface area contributed by atoms with Gasteiger partial charge in [0.1, 0.15) is 0 Å². The van der Waals surface area contributed by atoms with Crippen LogP contribution >= 0.6 is 0 Å². The van der Waals surface area contributed by atoms with Crippen LogP contribution in [0.15, 0.2) is 12.4 Å². The highest BCUT2D eigenvalue weighted by Crippen LogP contribution is 2.25. The fraction of sp³-hybridized carbons (Fsp3) is 0.733. The summed E-state index contributed by atoms with van der Waals surface area (Å²) in [6, 6.07) is 0.310. The van der Waals surface area contributed by atoms with Gasteiger partial charge < -0.3 is 9.64 Å². The van der Waals surface area contributed by atoms with Crippen LogP contribution in [0.25, 0.3) is 0 Å². The van der Waals surface area contributed by atoms with Crippen molar-refractivity contribution in [1.29, 1.82) is 0 Å². The number of likely N-dealkylation sites (tertiary alicyclic amines) is 1. The minimum atomic E-state index is 0.170. The van der Waals surface area contributed by atoms with E-state index >= 15 is 0 Å². The fourth-order valence-electron chi connectivity index (χ4n) is 3.28. The van der Waals surface area contributed by atoms with Crippen LogP contribution in [0.4, 0.5) is 0 Å². The van der Waals surface area contributed by atoms with Gasteiger partial charge in [-0.3, -0.25) is 9.48 Å². The van der Waals surface area contributed by atoms with Crippen molar-refractivity contribution in [3.63, 3.8) is 0 Å². The minimum Gasteiger partial charge on any atom is -0.381 e. The lowest BCUT2D eigenvalue weighted by Gasteiger charge is -2.30. The lowest BCUT2D eigenvalue weighted by molar-refractivity contribution is -0.139. The Morgan fingerprint density at radius 2 is 2.20 bits per heavy atom. The normalized spacial score (nSPS) is 24.2. The molecule has 0 aliphatic carbocycles. The van der Waals surface area contributed by atoms with Crippen LogP contribution in [0, 0.1) is 12.8 Å². The molecule has 2 aliphatic rings. The molecule has 0 spiro atoms. The molecule has 1 aromatic heterocycles. The molecule has 1 aromatic rings. The van der Waals surface area contributed by atoms with E-state index in [1.165, 1.54) is 5.56 Å². The number of amides is 1. The smallest absolute Gasteiger partial charge is 0.226 e. The summed E-state index contributed by atoms with van der Waals surface area (Å²) < 4.78 is 7.32. The molecule has 1 amide bonds. The molecule has 2 saturated heterocycles. The lowest BCUT2D eigenvalue weighted by atomic mass is 9.98. The standard InChI is InChI=1S/C15H23N3O2/c1-12-9-16-17(10-12)11-14-3-2-6-18(14)15(19)13-4-7-20-8-5-13/h9-10,13-14H,2-8,11H2,1H3/t14-/m0/s1. The van der Waals surface area contributed by atoms with Gasteiger partial charge in [-0.2, -0.15) is 5.10 Å². The van der Waals surface area contributed by atoms with Gasteiger partial charge in [0.05, 0.1) is 18.8 Å². The van der Waals surface area contributed by atoms with Gasteiger partial charge >= 0.3 is 0 Å². The van der Waals surface area contributed by atoms with Gasteiger partial charge in [0.2, 0.25) is 5.91 Å². The predicted octanol–water partition coefficient (Wildman–Crippen LogP) is 1.61. The lowest BCUT2D eigenvalue weighted by Crippen LogP contribution is -2.43. The third kappa shape index (κ3) is 2.87. The first-order chi connectivity index (χ1) is 9.74. The zero-order chi connectivity index (χ0) is 13.9. The summed E-state index contributed by atoms with van der Waals surface area (Å²) in [5, 5.41) is 4.34. The Kier molecular flexibility index (Phi) is 4.05. The van der Waals surface area contributed by atoms with E-state index in [-0.39, 0.29) is 5.92 Å². The minimum absolute atomic E-state index is 0.170. The maximum atomic E-state index is 12.6. The molecule has 3 heterocycles. The average Bonchev–Trinajstić information content (AvgIpc) is 3.09. The molecule has 5 nitrogen and oxygen atoms in total. The summed E-state index contributed by atoms with van der Waals surface area (Å²) in [6.07, 6.45) is 7.88. The number of ether oxygens (including phenoxy) is 1. The third-order valence-electron chi connectivity index (χ3n) is 4.39. The molecule has 2 fully saturated rings. The number of nitrogens with zero attached hydrogens (tertiary/aromatic N) is 3. The van der Waals surface area contributed by atoms with Crippen molar-refractivity contribution in [1.82, 2.24) is 14.7 Å². The molecule has 0 unspecified atom stereocenters. The van der Waals surface area contributed by atoms with E-state index in [9.17, 15) is 4.79 Å². The van der Waals surface area contributed by atoms with E-state index in [1.54, 1.807) is 0 Å². The van der Waals surface area contributed by atoms with E-state index in [0.717, 1.165) is 52.0 Å². The number of hydrogen-bond acceptors (Lipinski definition) is 3. The Morgan fingerprint density at radius 3 is 2.90 bits per heavy atom. The summed E-state index contributed by atoms with van der Waals surface area (Å²) in [7, 11) is 0. The highest BCUT2D eigenvalue weighted by Gasteiger charge is 2.33. The molecule has 1 atom stereocenters. The Morgan fingerprint density at radius 1 is 1.40 bits per heavy atom. The summed E-state index contributed by atoms with van der Waals surface area (Å²) in [5.41, 5.74) is 1.17. The van der Waals surface area contributed by atoms with Crippen molar-refractivity contribution in [3.05, 3.63) is 18.0 Å². The monoisotopic (exact) mass is 277 g/mol. The highest BCUT2D eigenvalue weighted by atomic mass is 16.5. The molecule has 0 aromatic carbocycles. The molecular weight excluding hydrogens is 254 g/mol. The molecule has 3 rings (SSSR count). The van der Waals surface area contributed by atoms with E-state index in [2.05, 4.69) is 16.2 Å². The quantitative estimate of drug-likeness (QED) is 0.843. The van der Waals surface area contributed by atoms with Crippen molar-refractivity contribution in [3.8, 4) is 0 Å². The zero-order valence-corrected chi connectivity index (χ0v) is 12.1. The second-order valence-electron chi connectivity index (χ2n) is 5.95. The van der Waals surface area contributed by atoms with Gasteiger partial charge in [-0.15, -0.1) is 0 Å². The molecule has 2 aliphatic heterocycles. The van der Waals surface area contributed by atoms with Crippen molar-refractivity contribution in [2.75, 3.05) is 19.8 Å². The van der Waals surface area contributed by atoms with E-state index in [0.29, 0.717) is 11.9 Å². The Bertz CT molecular complexity index is 465. The first kappa shape index (κ1) is 13.6. The number of rotatable bonds is 3. The van der Waals surface area contributed by atoms with E-state index in [1.807, 2.05) is 17.8 Å². The van der Waals surface area contributed by atoms with Crippen LogP contribution in [0.1, 0.15) is 31.2 Å². The van der Waals surface area contributed by atoms with Gasteiger partial charge in [0, 0.05) is 31.9 Å². The third-order valence-corrected chi connectivity index (χ3v) is 4.39. The first-order valence-corrected chi connectivity index (χ1v) is 7.61. The fourth-order valence-corrected chi connectivity index (χ4v) is 3.28. The Balaban J connectivity index is 1.63. The zero-order valence-electron chi connectivity index (χ0n) is 12.1. The predicted molar refractivity (Wildman–Crippen MR) is 75.2 cm³/mol. The Labute approximate surface area is 119 Å². The van der Waals surface area contributed by atoms with Crippen molar-refractivity contribution >= 4 is 5.91 Å². The van der Waals surface area contributed by atoms with Crippen LogP contribution in [-0.4, -0.2) is 46.4 Å². The number of carbonyl (C=O) groups is 1. The first-order valence-electron chi connectivity index (χ1n) is 7.61. The maximum absolute atomic E-state index is 12.6. The van der Waals surface area contributed by atoms with Crippen LogP contribution in [-0.2, 0) is 16.1 Å². The van der Waals surface area contributed by atoms with Crippen molar-refractivity contribution in [2.24, 2.45) is 5.92 Å². The van der Waals surface area contributed by atoms with Gasteiger partial charge in [-0.25, -0.2) is 0 Å². The number of carbonyl (C=O) groups excluding carboxylic acids is 1. The van der Waals surface area contributed by atoms with Crippen LogP contribution < -0.4 is 0 Å². The summed E-state index contributed by atoms with van der Waals surface area (Å²) in [6.45, 7) is 5.23. The molecule has 110 valence electrons. The van der Waals surface area contributed by atoms with Crippen molar-refractivity contribution in [2.45, 2.75) is 45.2 Å². The van der Waals surface area contributed by atoms with Crippen LogP contribution in [0.3, 0.4) is 0 Å². The molecular formula is C15H23N3O2.